The van der Waals surface area contributed by atoms with Crippen molar-refractivity contribution in [2.45, 2.75) is 27.7 Å². The highest BCUT2D eigenvalue weighted by Gasteiger charge is 2.35. The second kappa shape index (κ2) is 7.68. The number of thioether (sulfide) groups is 2. The summed E-state index contributed by atoms with van der Waals surface area (Å²) in [6.45, 7) is 8.19. The standard InChI is InChI=1S/C21H21N5OS2/c1-5-28-21-24-26-18(22)16(19(27)23-20(26)29-21)11-15-10-13(3)25(14(15)4)17-9-7-6-8-12(17)2/h6-11,22H,5H2,1-4H3/b16-11+,22-18?. The molecular formula is C21H21N5OS2. The summed E-state index contributed by atoms with van der Waals surface area (Å²) < 4.78 is 2.98. The molecule has 2 aliphatic heterocycles. The van der Waals surface area contributed by atoms with Crippen molar-refractivity contribution in [2.75, 3.05) is 5.75 Å². The topological polar surface area (TPSA) is 73.8 Å². The predicted molar refractivity (Wildman–Crippen MR) is 123 cm³/mol. The second-order valence-corrected chi connectivity index (χ2v) is 9.23. The SMILES string of the molecule is CCSC1=NN2C(=N)/C(=C\c3cc(C)n(-c4ccccc4C)c3C)C(=O)N=C2S1. The van der Waals surface area contributed by atoms with Gasteiger partial charge >= 0.3 is 0 Å². The summed E-state index contributed by atoms with van der Waals surface area (Å²) in [5.41, 5.74) is 5.52. The first-order valence-electron chi connectivity index (χ1n) is 9.28. The van der Waals surface area contributed by atoms with Crippen molar-refractivity contribution in [1.29, 1.82) is 5.41 Å². The Bertz CT molecular complexity index is 1130. The van der Waals surface area contributed by atoms with E-state index >= 15 is 0 Å². The zero-order valence-electron chi connectivity index (χ0n) is 16.7. The van der Waals surface area contributed by atoms with Gasteiger partial charge < -0.3 is 4.57 Å². The normalized spacial score (nSPS) is 17.7. The van der Waals surface area contributed by atoms with Gasteiger partial charge in [0.15, 0.2) is 10.2 Å². The van der Waals surface area contributed by atoms with Crippen LogP contribution in [-0.4, -0.2) is 36.6 Å². The van der Waals surface area contributed by atoms with Crippen LogP contribution in [-0.2, 0) is 4.79 Å². The van der Waals surface area contributed by atoms with E-state index in [0.29, 0.717) is 5.17 Å². The van der Waals surface area contributed by atoms with Gasteiger partial charge in [-0.05, 0) is 67.6 Å². The number of aromatic nitrogens is 1. The van der Waals surface area contributed by atoms with Crippen molar-refractivity contribution < 1.29 is 4.79 Å². The van der Waals surface area contributed by atoms with Crippen LogP contribution >= 0.6 is 23.5 Å². The Kier molecular flexibility index (Phi) is 5.23. The van der Waals surface area contributed by atoms with E-state index in [9.17, 15) is 4.79 Å². The molecule has 1 N–H and O–H groups in total. The molecule has 0 bridgehead atoms. The first-order valence-corrected chi connectivity index (χ1v) is 11.1. The van der Waals surface area contributed by atoms with E-state index in [1.54, 1.807) is 17.8 Å². The van der Waals surface area contributed by atoms with Gasteiger partial charge in [-0.1, -0.05) is 36.9 Å². The van der Waals surface area contributed by atoms with Crippen LogP contribution in [0.5, 0.6) is 0 Å². The first kappa shape index (κ1) is 19.7. The van der Waals surface area contributed by atoms with E-state index in [2.05, 4.69) is 33.7 Å². The van der Waals surface area contributed by atoms with E-state index in [1.807, 2.05) is 39.0 Å². The number of carbonyl (C=O) groups is 1. The summed E-state index contributed by atoms with van der Waals surface area (Å²) in [6, 6.07) is 10.2. The highest BCUT2D eigenvalue weighted by atomic mass is 32.2. The van der Waals surface area contributed by atoms with Gasteiger partial charge in [0.2, 0.25) is 5.17 Å². The van der Waals surface area contributed by atoms with Gasteiger partial charge in [-0.25, -0.2) is 0 Å². The number of amidine groups is 2. The zero-order chi connectivity index (χ0) is 20.7. The molecule has 0 atom stereocenters. The monoisotopic (exact) mass is 423 g/mol. The minimum atomic E-state index is -0.396. The molecule has 8 heteroatoms. The number of hydrogen-bond donors (Lipinski definition) is 1. The average Bonchev–Trinajstić information content (AvgIpc) is 3.20. The maximum Gasteiger partial charge on any atom is 0.283 e. The highest BCUT2D eigenvalue weighted by molar-refractivity contribution is 8.45. The quantitative estimate of drug-likeness (QED) is 0.724. The van der Waals surface area contributed by atoms with Crippen LogP contribution in [0.2, 0.25) is 0 Å². The van der Waals surface area contributed by atoms with Gasteiger partial charge in [0.1, 0.15) is 0 Å². The summed E-state index contributed by atoms with van der Waals surface area (Å²) >= 11 is 2.92. The maximum absolute atomic E-state index is 12.6. The molecule has 1 aromatic carbocycles. The molecule has 0 spiro atoms. The van der Waals surface area contributed by atoms with Crippen LogP contribution in [0.3, 0.4) is 0 Å². The van der Waals surface area contributed by atoms with Crippen LogP contribution in [0, 0.1) is 26.2 Å². The summed E-state index contributed by atoms with van der Waals surface area (Å²) in [5, 5.41) is 14.9. The molecule has 0 unspecified atom stereocenters. The third-order valence-electron chi connectivity index (χ3n) is 4.83. The Labute approximate surface area is 178 Å². The lowest BCUT2D eigenvalue weighted by Crippen LogP contribution is -2.35. The number of nitrogens with zero attached hydrogens (tertiary/aromatic N) is 4. The van der Waals surface area contributed by atoms with E-state index in [1.165, 1.54) is 22.3 Å². The second-order valence-electron chi connectivity index (χ2n) is 6.77. The van der Waals surface area contributed by atoms with Gasteiger partial charge in [0, 0.05) is 17.1 Å². The van der Waals surface area contributed by atoms with Crippen molar-refractivity contribution in [1.82, 2.24) is 9.58 Å². The third-order valence-corrected chi connectivity index (χ3v) is 6.75. The molecule has 1 amide bonds. The lowest BCUT2D eigenvalue weighted by molar-refractivity contribution is -0.114. The van der Waals surface area contributed by atoms with E-state index in [0.717, 1.165) is 32.8 Å². The number of amides is 1. The van der Waals surface area contributed by atoms with E-state index in [-0.39, 0.29) is 11.4 Å². The van der Waals surface area contributed by atoms with Gasteiger partial charge in [-0.15, -0.1) is 5.10 Å². The van der Waals surface area contributed by atoms with Gasteiger partial charge in [-0.2, -0.15) is 10.0 Å². The molecule has 2 aromatic rings. The molecule has 3 heterocycles. The number of nitrogens with one attached hydrogen (secondary N) is 1. The Morgan fingerprint density at radius 1 is 1.24 bits per heavy atom. The number of hydrazone groups is 1. The number of aliphatic imine (C=N–C) groups is 1. The molecule has 29 heavy (non-hydrogen) atoms. The fourth-order valence-electron chi connectivity index (χ4n) is 3.43. The summed E-state index contributed by atoms with van der Waals surface area (Å²) in [4.78, 5) is 16.8. The molecule has 1 aromatic heterocycles. The van der Waals surface area contributed by atoms with Gasteiger partial charge in [0.25, 0.3) is 5.91 Å². The Balaban J connectivity index is 1.74. The van der Waals surface area contributed by atoms with Crippen LogP contribution in [0.25, 0.3) is 11.8 Å². The molecule has 4 rings (SSSR count). The Morgan fingerprint density at radius 3 is 2.72 bits per heavy atom. The molecular weight excluding hydrogens is 402 g/mol. The number of hydrogen-bond acceptors (Lipinski definition) is 5. The number of carbonyl (C=O) groups excluding carboxylic acids is 1. The molecule has 2 aliphatic rings. The number of rotatable bonds is 3. The Hall–Kier alpha value is -2.58. The number of benzene rings is 1. The largest absolute Gasteiger partial charge is 0.318 e. The molecule has 6 nitrogen and oxygen atoms in total. The first-order chi connectivity index (χ1) is 13.9. The van der Waals surface area contributed by atoms with Crippen molar-refractivity contribution in [3.8, 4) is 5.69 Å². The van der Waals surface area contributed by atoms with Crippen molar-refractivity contribution in [3.63, 3.8) is 0 Å². The minimum Gasteiger partial charge on any atom is -0.318 e. The number of aryl methyl sites for hydroxylation is 2. The minimum absolute atomic E-state index is 0.0693. The van der Waals surface area contributed by atoms with E-state index < -0.39 is 5.91 Å². The fraction of sp³-hybridized carbons (Fsp3) is 0.238. The highest BCUT2D eigenvalue weighted by Crippen LogP contribution is 2.33. The summed E-state index contributed by atoms with van der Waals surface area (Å²) in [5.74, 6) is 0.550. The van der Waals surface area contributed by atoms with Crippen LogP contribution in [0.1, 0.15) is 29.4 Å². The van der Waals surface area contributed by atoms with Gasteiger partial charge in [0.05, 0.1) is 5.57 Å². The lowest BCUT2D eigenvalue weighted by atomic mass is 10.1. The van der Waals surface area contributed by atoms with E-state index in [4.69, 9.17) is 5.41 Å². The van der Waals surface area contributed by atoms with Crippen LogP contribution in [0.15, 0.2) is 46.0 Å². The smallest absolute Gasteiger partial charge is 0.283 e. The molecule has 0 saturated carbocycles. The molecule has 0 fully saturated rings. The lowest BCUT2D eigenvalue weighted by Gasteiger charge is -2.20. The summed E-state index contributed by atoms with van der Waals surface area (Å²) in [6.07, 6.45) is 1.76. The van der Waals surface area contributed by atoms with Crippen molar-refractivity contribution in [2.24, 2.45) is 10.1 Å². The zero-order valence-corrected chi connectivity index (χ0v) is 18.3. The Morgan fingerprint density at radius 2 is 2.00 bits per heavy atom. The summed E-state index contributed by atoms with van der Waals surface area (Å²) in [7, 11) is 0. The fourth-order valence-corrected chi connectivity index (χ4v) is 5.26. The van der Waals surface area contributed by atoms with Gasteiger partial charge in [-0.3, -0.25) is 10.2 Å². The number of para-hydroxylation sites is 1. The molecule has 0 aliphatic carbocycles. The van der Waals surface area contributed by atoms with Crippen molar-refractivity contribution in [3.05, 3.63) is 58.4 Å². The number of fused-ring (bicyclic) bond motifs is 1. The third kappa shape index (κ3) is 3.47. The van der Waals surface area contributed by atoms with Crippen LogP contribution < -0.4 is 0 Å². The van der Waals surface area contributed by atoms with Crippen molar-refractivity contribution >= 4 is 50.9 Å². The van der Waals surface area contributed by atoms with Crippen LogP contribution in [0.4, 0.5) is 0 Å². The average molecular weight is 424 g/mol. The predicted octanol–water partition coefficient (Wildman–Crippen LogP) is 4.73. The molecule has 0 radical (unpaired) electrons. The maximum atomic E-state index is 12.6. The molecule has 0 saturated heterocycles. The molecule has 148 valence electrons.